The highest BCUT2D eigenvalue weighted by Gasteiger charge is 2.23. The molecular formula is C12H18N2O3S2. The standard InChI is InChI=1S/C12H18N2O3S2/c13-12-4-2-1-3-10(12)9-19(16,17)14-11-5-7-18(15)8-6-11/h1-4,11,14H,5-9,13H2. The topological polar surface area (TPSA) is 89.3 Å². The number of nitrogens with one attached hydrogen (secondary N) is 1. The molecule has 1 heterocycles. The van der Waals surface area contributed by atoms with Crippen LogP contribution in [0.25, 0.3) is 0 Å². The van der Waals surface area contributed by atoms with Crippen LogP contribution in [-0.4, -0.2) is 30.2 Å². The van der Waals surface area contributed by atoms with Crippen LogP contribution in [0.15, 0.2) is 24.3 Å². The van der Waals surface area contributed by atoms with E-state index in [4.69, 9.17) is 5.73 Å². The molecule has 1 aromatic carbocycles. The Bertz CT molecular complexity index is 562. The highest BCUT2D eigenvalue weighted by molar-refractivity contribution is 7.88. The Morgan fingerprint density at radius 1 is 1.26 bits per heavy atom. The van der Waals surface area contributed by atoms with Crippen LogP contribution in [0.3, 0.4) is 0 Å². The molecule has 0 atom stereocenters. The predicted molar refractivity (Wildman–Crippen MR) is 77.5 cm³/mol. The molecule has 2 rings (SSSR count). The number of rotatable bonds is 4. The molecule has 7 heteroatoms. The van der Waals surface area contributed by atoms with Gasteiger partial charge in [-0.2, -0.15) is 0 Å². The van der Waals surface area contributed by atoms with Crippen LogP contribution in [0.5, 0.6) is 0 Å². The number of anilines is 1. The zero-order valence-electron chi connectivity index (χ0n) is 10.5. The molecule has 0 aromatic heterocycles. The highest BCUT2D eigenvalue weighted by atomic mass is 32.2. The first-order valence-electron chi connectivity index (χ1n) is 6.14. The summed E-state index contributed by atoms with van der Waals surface area (Å²) in [5.41, 5.74) is 6.84. The van der Waals surface area contributed by atoms with E-state index < -0.39 is 20.8 Å². The highest BCUT2D eigenvalue weighted by Crippen LogP contribution is 2.16. The van der Waals surface area contributed by atoms with Crippen LogP contribution >= 0.6 is 0 Å². The van der Waals surface area contributed by atoms with E-state index in [9.17, 15) is 12.6 Å². The molecule has 0 aliphatic carbocycles. The maximum Gasteiger partial charge on any atom is 0.216 e. The van der Waals surface area contributed by atoms with E-state index >= 15 is 0 Å². The van der Waals surface area contributed by atoms with Crippen LogP contribution in [-0.2, 0) is 26.6 Å². The largest absolute Gasteiger partial charge is 0.398 e. The number of hydrogen-bond acceptors (Lipinski definition) is 4. The van der Waals surface area contributed by atoms with Crippen molar-refractivity contribution in [1.82, 2.24) is 4.72 Å². The maximum absolute atomic E-state index is 12.1. The average Bonchev–Trinajstić information content (AvgIpc) is 2.35. The monoisotopic (exact) mass is 302 g/mol. The fourth-order valence-corrected chi connectivity index (χ4v) is 4.88. The smallest absolute Gasteiger partial charge is 0.216 e. The lowest BCUT2D eigenvalue weighted by Gasteiger charge is -2.22. The second-order valence-electron chi connectivity index (χ2n) is 4.70. The molecule has 1 saturated heterocycles. The van der Waals surface area contributed by atoms with Crippen molar-refractivity contribution < 1.29 is 12.6 Å². The molecule has 3 N–H and O–H groups in total. The molecule has 5 nitrogen and oxygen atoms in total. The van der Waals surface area contributed by atoms with E-state index in [0.717, 1.165) is 0 Å². The molecular weight excluding hydrogens is 284 g/mol. The van der Waals surface area contributed by atoms with Gasteiger partial charge in [-0.15, -0.1) is 0 Å². The van der Waals surface area contributed by atoms with Gasteiger partial charge in [0.1, 0.15) is 0 Å². The molecule has 1 fully saturated rings. The molecule has 0 amide bonds. The Balaban J connectivity index is 1.99. The molecule has 1 aliphatic rings. The van der Waals surface area contributed by atoms with Gasteiger partial charge in [-0.25, -0.2) is 13.1 Å². The van der Waals surface area contributed by atoms with Crippen molar-refractivity contribution in [2.75, 3.05) is 17.2 Å². The van der Waals surface area contributed by atoms with Crippen molar-refractivity contribution in [2.24, 2.45) is 0 Å². The zero-order chi connectivity index (χ0) is 13.9. The average molecular weight is 302 g/mol. The summed E-state index contributed by atoms with van der Waals surface area (Å²) in [7, 11) is -4.19. The number of nitrogens with two attached hydrogens (primary N) is 1. The Kier molecular flexibility index (Phi) is 4.59. The molecule has 0 spiro atoms. The third-order valence-electron chi connectivity index (χ3n) is 3.13. The van der Waals surface area contributed by atoms with E-state index in [1.54, 1.807) is 24.3 Å². The van der Waals surface area contributed by atoms with Gasteiger partial charge in [0.15, 0.2) is 0 Å². The van der Waals surface area contributed by atoms with Gasteiger partial charge in [0.05, 0.1) is 5.75 Å². The third-order valence-corrected chi connectivity index (χ3v) is 5.90. The third kappa shape index (κ3) is 4.29. The summed E-state index contributed by atoms with van der Waals surface area (Å²) in [6, 6.07) is 6.84. The van der Waals surface area contributed by atoms with Crippen LogP contribution < -0.4 is 10.5 Å². The van der Waals surface area contributed by atoms with Crippen LogP contribution in [0.2, 0.25) is 0 Å². The van der Waals surface area contributed by atoms with E-state index in [1.165, 1.54) is 0 Å². The first-order chi connectivity index (χ1) is 8.96. The number of para-hydroxylation sites is 1. The van der Waals surface area contributed by atoms with Crippen molar-refractivity contribution in [2.45, 2.75) is 24.6 Å². The van der Waals surface area contributed by atoms with E-state index in [2.05, 4.69) is 4.72 Å². The summed E-state index contributed by atoms with van der Waals surface area (Å²) in [4.78, 5) is 0. The van der Waals surface area contributed by atoms with Crippen molar-refractivity contribution in [3.05, 3.63) is 29.8 Å². The lowest BCUT2D eigenvalue weighted by Crippen LogP contribution is -2.40. The second kappa shape index (κ2) is 6.02. The minimum Gasteiger partial charge on any atom is -0.398 e. The number of sulfonamides is 1. The maximum atomic E-state index is 12.1. The van der Waals surface area contributed by atoms with Gasteiger partial charge in [0.2, 0.25) is 10.0 Å². The second-order valence-corrected chi connectivity index (χ2v) is 8.15. The minimum atomic E-state index is -3.40. The van der Waals surface area contributed by atoms with Gasteiger partial charge < -0.3 is 5.73 Å². The molecule has 0 radical (unpaired) electrons. The zero-order valence-corrected chi connectivity index (χ0v) is 12.2. The quantitative estimate of drug-likeness (QED) is 0.797. The number of hydrogen-bond donors (Lipinski definition) is 2. The van der Waals surface area contributed by atoms with Gasteiger partial charge >= 0.3 is 0 Å². The Morgan fingerprint density at radius 3 is 2.53 bits per heavy atom. The summed E-state index contributed by atoms with van der Waals surface area (Å²) < 4.78 is 38.0. The molecule has 1 aliphatic heterocycles. The first-order valence-corrected chi connectivity index (χ1v) is 9.29. The van der Waals surface area contributed by atoms with E-state index in [0.29, 0.717) is 35.6 Å². The summed E-state index contributed by atoms with van der Waals surface area (Å²) in [5.74, 6) is 1.03. The van der Waals surface area contributed by atoms with Crippen molar-refractivity contribution >= 4 is 26.5 Å². The number of nitrogen functional groups attached to an aromatic ring is 1. The lowest BCUT2D eigenvalue weighted by molar-refractivity contribution is 0.521. The number of benzene rings is 1. The lowest BCUT2D eigenvalue weighted by atomic mass is 10.2. The molecule has 106 valence electrons. The van der Waals surface area contributed by atoms with Crippen molar-refractivity contribution in [3.63, 3.8) is 0 Å². The Labute approximate surface area is 116 Å². The van der Waals surface area contributed by atoms with Crippen LogP contribution in [0.1, 0.15) is 18.4 Å². The molecule has 0 bridgehead atoms. The van der Waals surface area contributed by atoms with Gasteiger partial charge in [0, 0.05) is 34.0 Å². The molecule has 19 heavy (non-hydrogen) atoms. The fourth-order valence-electron chi connectivity index (χ4n) is 2.08. The predicted octanol–water partition coefficient (Wildman–Crippen LogP) is 0.599. The summed E-state index contributed by atoms with van der Waals surface area (Å²) >= 11 is 0. The molecule has 1 aromatic rings. The molecule has 0 saturated carbocycles. The Morgan fingerprint density at radius 2 is 1.89 bits per heavy atom. The normalized spacial score (nSPS) is 24.2. The summed E-state index contributed by atoms with van der Waals surface area (Å²) in [6.07, 6.45) is 1.27. The van der Waals surface area contributed by atoms with Gasteiger partial charge in [-0.1, -0.05) is 18.2 Å². The van der Waals surface area contributed by atoms with Gasteiger partial charge in [0.25, 0.3) is 0 Å². The summed E-state index contributed by atoms with van der Waals surface area (Å²) in [5, 5.41) is 0. The van der Waals surface area contributed by atoms with Crippen LogP contribution in [0.4, 0.5) is 5.69 Å². The fraction of sp³-hybridized carbons (Fsp3) is 0.500. The van der Waals surface area contributed by atoms with E-state index in [1.807, 2.05) is 0 Å². The van der Waals surface area contributed by atoms with Gasteiger partial charge in [-0.05, 0) is 24.5 Å². The Hall–Kier alpha value is -0.920. The van der Waals surface area contributed by atoms with Crippen molar-refractivity contribution in [1.29, 1.82) is 0 Å². The first kappa shape index (κ1) is 14.5. The summed E-state index contributed by atoms with van der Waals surface area (Å²) in [6.45, 7) is 0. The molecule has 0 unspecified atom stereocenters. The van der Waals surface area contributed by atoms with E-state index in [-0.39, 0.29) is 11.8 Å². The van der Waals surface area contributed by atoms with Crippen molar-refractivity contribution in [3.8, 4) is 0 Å². The van der Waals surface area contributed by atoms with Gasteiger partial charge in [-0.3, -0.25) is 4.21 Å². The SMILES string of the molecule is Nc1ccccc1CS(=O)(=O)NC1CCS(=O)CC1. The van der Waals surface area contributed by atoms with Crippen LogP contribution in [0, 0.1) is 0 Å². The minimum absolute atomic E-state index is 0.104.